The first-order valence-corrected chi connectivity index (χ1v) is 7.48. The molecule has 24 heavy (non-hydrogen) atoms. The lowest BCUT2D eigenvalue weighted by Crippen LogP contribution is -2.05. The van der Waals surface area contributed by atoms with Crippen molar-refractivity contribution in [2.45, 2.75) is 6.18 Å². The molecule has 1 heterocycles. The predicted molar refractivity (Wildman–Crippen MR) is 89.7 cm³/mol. The van der Waals surface area contributed by atoms with Crippen molar-refractivity contribution in [2.24, 2.45) is 0 Å². The molecule has 0 unspecified atom stereocenters. The smallest absolute Gasteiger partial charge is 0.256 e. The summed E-state index contributed by atoms with van der Waals surface area (Å²) in [6.45, 7) is 0. The van der Waals surface area contributed by atoms with Gasteiger partial charge in [0.05, 0.1) is 11.3 Å². The first kappa shape index (κ1) is 14.7. The number of hydrogen-bond acceptors (Lipinski definition) is 1. The van der Waals surface area contributed by atoms with Crippen LogP contribution in [0.15, 0.2) is 72.9 Å². The highest BCUT2D eigenvalue weighted by Crippen LogP contribution is 2.36. The van der Waals surface area contributed by atoms with Crippen molar-refractivity contribution in [3.8, 4) is 11.3 Å². The van der Waals surface area contributed by atoms with Crippen molar-refractivity contribution in [3.05, 3.63) is 78.5 Å². The van der Waals surface area contributed by atoms with Crippen molar-refractivity contribution in [3.63, 3.8) is 0 Å². The summed E-state index contributed by atoms with van der Waals surface area (Å²) >= 11 is 0. The normalized spacial score (nSPS) is 12.0. The van der Waals surface area contributed by atoms with Crippen molar-refractivity contribution in [1.29, 1.82) is 0 Å². The number of alkyl halides is 3. The number of aromatic nitrogens is 1. The Morgan fingerprint density at radius 2 is 1.38 bits per heavy atom. The van der Waals surface area contributed by atoms with Gasteiger partial charge in [0, 0.05) is 11.8 Å². The van der Waals surface area contributed by atoms with Gasteiger partial charge >= 0.3 is 6.18 Å². The Labute approximate surface area is 136 Å². The molecule has 0 spiro atoms. The van der Waals surface area contributed by atoms with Crippen LogP contribution in [0.5, 0.6) is 0 Å². The summed E-state index contributed by atoms with van der Waals surface area (Å²) in [5.74, 6) is 0. The van der Waals surface area contributed by atoms with Gasteiger partial charge in [-0.25, -0.2) is 0 Å². The molecule has 3 aromatic carbocycles. The molecule has 4 heteroatoms. The molecule has 0 saturated carbocycles. The van der Waals surface area contributed by atoms with Gasteiger partial charge in [-0.2, -0.15) is 13.2 Å². The fourth-order valence-electron chi connectivity index (χ4n) is 3.02. The number of pyridine rings is 1. The van der Waals surface area contributed by atoms with Crippen LogP contribution in [0.3, 0.4) is 0 Å². The van der Waals surface area contributed by atoms with E-state index >= 15 is 0 Å². The molecule has 4 aromatic rings. The highest BCUT2D eigenvalue weighted by molar-refractivity contribution is 6.13. The Morgan fingerprint density at radius 3 is 2.12 bits per heavy atom. The molecule has 0 saturated heterocycles. The molecule has 0 N–H and O–H groups in total. The standard InChI is InChI=1S/C20H12F3N/c21-20(22,23)14-9-10-24-19(12-14)18-11-13-5-1-2-6-15(13)16-7-3-4-8-17(16)18/h1-12H. The van der Waals surface area contributed by atoms with Gasteiger partial charge in [-0.15, -0.1) is 0 Å². The van der Waals surface area contributed by atoms with E-state index in [2.05, 4.69) is 4.98 Å². The zero-order valence-electron chi connectivity index (χ0n) is 12.5. The number of halogens is 3. The number of fused-ring (bicyclic) bond motifs is 3. The maximum Gasteiger partial charge on any atom is 0.416 e. The fourth-order valence-corrected chi connectivity index (χ4v) is 3.02. The fraction of sp³-hybridized carbons (Fsp3) is 0.0500. The van der Waals surface area contributed by atoms with Gasteiger partial charge in [0.2, 0.25) is 0 Å². The van der Waals surface area contributed by atoms with Crippen LogP contribution in [-0.4, -0.2) is 4.98 Å². The molecule has 0 radical (unpaired) electrons. The Kier molecular flexibility index (Phi) is 3.27. The first-order valence-electron chi connectivity index (χ1n) is 7.48. The zero-order valence-corrected chi connectivity index (χ0v) is 12.5. The second-order valence-corrected chi connectivity index (χ2v) is 5.62. The van der Waals surface area contributed by atoms with E-state index in [0.29, 0.717) is 11.3 Å². The summed E-state index contributed by atoms with van der Waals surface area (Å²) in [5.41, 5.74) is 0.340. The van der Waals surface area contributed by atoms with E-state index in [1.807, 2.05) is 54.6 Å². The topological polar surface area (TPSA) is 12.9 Å². The van der Waals surface area contributed by atoms with Crippen LogP contribution >= 0.6 is 0 Å². The molecular weight excluding hydrogens is 311 g/mol. The molecule has 0 atom stereocenters. The van der Waals surface area contributed by atoms with E-state index in [-0.39, 0.29) is 0 Å². The summed E-state index contributed by atoms with van der Waals surface area (Å²) in [4.78, 5) is 4.18. The van der Waals surface area contributed by atoms with Crippen LogP contribution in [0.2, 0.25) is 0 Å². The SMILES string of the molecule is FC(F)(F)c1ccnc(-c2cc3ccccc3c3ccccc23)c1. The third kappa shape index (κ3) is 2.40. The van der Waals surface area contributed by atoms with E-state index in [0.717, 1.165) is 33.7 Å². The van der Waals surface area contributed by atoms with Crippen LogP contribution in [0.4, 0.5) is 13.2 Å². The lowest BCUT2D eigenvalue weighted by molar-refractivity contribution is -0.137. The molecule has 0 aliphatic carbocycles. The largest absolute Gasteiger partial charge is 0.416 e. The minimum atomic E-state index is -4.38. The summed E-state index contributed by atoms with van der Waals surface area (Å²) in [6.07, 6.45) is -3.17. The second kappa shape index (κ2) is 5.34. The Hall–Kier alpha value is -2.88. The van der Waals surface area contributed by atoms with E-state index < -0.39 is 11.7 Å². The molecule has 1 nitrogen and oxygen atoms in total. The number of nitrogens with zero attached hydrogens (tertiary/aromatic N) is 1. The van der Waals surface area contributed by atoms with Crippen molar-refractivity contribution < 1.29 is 13.2 Å². The van der Waals surface area contributed by atoms with Crippen molar-refractivity contribution in [1.82, 2.24) is 4.98 Å². The monoisotopic (exact) mass is 323 g/mol. The van der Waals surface area contributed by atoms with E-state index in [4.69, 9.17) is 0 Å². The van der Waals surface area contributed by atoms with Gasteiger partial charge < -0.3 is 0 Å². The van der Waals surface area contributed by atoms with Gasteiger partial charge in [0.25, 0.3) is 0 Å². The molecule has 0 aliphatic rings. The maximum atomic E-state index is 13.0. The van der Waals surface area contributed by atoms with E-state index in [1.165, 1.54) is 6.20 Å². The van der Waals surface area contributed by atoms with E-state index in [1.54, 1.807) is 0 Å². The summed E-state index contributed by atoms with van der Waals surface area (Å²) in [5, 5.41) is 3.95. The van der Waals surface area contributed by atoms with Gasteiger partial charge in [0.15, 0.2) is 0 Å². The molecule has 118 valence electrons. The molecule has 0 fully saturated rings. The molecule has 0 amide bonds. The Morgan fingerprint density at radius 1 is 0.708 bits per heavy atom. The van der Waals surface area contributed by atoms with Gasteiger partial charge in [-0.3, -0.25) is 4.98 Å². The van der Waals surface area contributed by atoms with Crippen molar-refractivity contribution >= 4 is 21.5 Å². The quantitative estimate of drug-likeness (QED) is 0.387. The lowest BCUT2D eigenvalue weighted by atomic mass is 9.95. The number of rotatable bonds is 1. The third-order valence-corrected chi connectivity index (χ3v) is 4.13. The minimum absolute atomic E-state index is 0.326. The van der Waals surface area contributed by atoms with E-state index in [9.17, 15) is 13.2 Å². The van der Waals surface area contributed by atoms with Crippen LogP contribution in [0.1, 0.15) is 5.56 Å². The van der Waals surface area contributed by atoms with Crippen LogP contribution in [0, 0.1) is 0 Å². The minimum Gasteiger partial charge on any atom is -0.256 e. The van der Waals surface area contributed by atoms with Gasteiger partial charge in [-0.05, 0) is 39.7 Å². The second-order valence-electron chi connectivity index (χ2n) is 5.62. The van der Waals surface area contributed by atoms with Gasteiger partial charge in [-0.1, -0.05) is 48.5 Å². The maximum absolute atomic E-state index is 13.0. The highest BCUT2D eigenvalue weighted by atomic mass is 19.4. The molecule has 1 aromatic heterocycles. The van der Waals surface area contributed by atoms with Crippen LogP contribution in [0.25, 0.3) is 32.8 Å². The molecule has 4 rings (SSSR count). The zero-order chi connectivity index (χ0) is 16.7. The summed E-state index contributed by atoms with van der Waals surface area (Å²) in [6, 6.07) is 19.6. The average molecular weight is 323 g/mol. The Balaban J connectivity index is 2.06. The summed E-state index contributed by atoms with van der Waals surface area (Å²) in [7, 11) is 0. The lowest BCUT2D eigenvalue weighted by Gasteiger charge is -2.12. The predicted octanol–water partition coefficient (Wildman–Crippen LogP) is 6.07. The van der Waals surface area contributed by atoms with Crippen LogP contribution < -0.4 is 0 Å². The molecular formula is C20H12F3N. The number of hydrogen-bond donors (Lipinski definition) is 0. The molecule has 0 aliphatic heterocycles. The van der Waals surface area contributed by atoms with Gasteiger partial charge in [0.1, 0.15) is 0 Å². The molecule has 0 bridgehead atoms. The van der Waals surface area contributed by atoms with Crippen molar-refractivity contribution in [2.75, 3.05) is 0 Å². The number of benzene rings is 3. The van der Waals surface area contributed by atoms with Crippen LogP contribution in [-0.2, 0) is 6.18 Å². The first-order chi connectivity index (χ1) is 11.5. The summed E-state index contributed by atoms with van der Waals surface area (Å²) < 4.78 is 39.1. The third-order valence-electron chi connectivity index (χ3n) is 4.13. The highest BCUT2D eigenvalue weighted by Gasteiger charge is 2.30. The average Bonchev–Trinajstić information content (AvgIpc) is 2.60. The Bertz CT molecular complexity index is 1050.